The fourth-order valence-electron chi connectivity index (χ4n) is 1.19. The summed E-state index contributed by atoms with van der Waals surface area (Å²) < 4.78 is 0. The highest BCUT2D eigenvalue weighted by molar-refractivity contribution is 5.94. The van der Waals surface area contributed by atoms with Crippen molar-refractivity contribution in [2.45, 2.75) is 39.5 Å². The summed E-state index contributed by atoms with van der Waals surface area (Å²) in [6.07, 6.45) is 3.64. The van der Waals surface area contributed by atoms with Gasteiger partial charge in [0.25, 0.3) is 0 Å². The van der Waals surface area contributed by atoms with E-state index < -0.39 is 6.03 Å². The average Bonchev–Trinajstić information content (AvgIpc) is 2.04. The smallest absolute Gasteiger partial charge is 0.318 e. The van der Waals surface area contributed by atoms with Gasteiger partial charge in [0.15, 0.2) is 0 Å². The molecule has 0 rings (SSSR count). The van der Waals surface area contributed by atoms with Crippen LogP contribution < -0.4 is 11.1 Å². The second-order valence-corrected chi connectivity index (χ2v) is 3.10. The van der Waals surface area contributed by atoms with Gasteiger partial charge in [0.1, 0.15) is 0 Å². The number of amides is 3. The van der Waals surface area contributed by atoms with Gasteiger partial charge in [-0.05, 0) is 12.8 Å². The van der Waals surface area contributed by atoms with Gasteiger partial charge in [-0.3, -0.25) is 10.1 Å². The minimum Gasteiger partial charge on any atom is -0.351 e. The van der Waals surface area contributed by atoms with Gasteiger partial charge < -0.3 is 5.73 Å². The maximum Gasteiger partial charge on any atom is 0.318 e. The van der Waals surface area contributed by atoms with Gasteiger partial charge in [-0.15, -0.1) is 0 Å². The lowest BCUT2D eigenvalue weighted by Crippen LogP contribution is -2.38. The number of urea groups is 1. The Hall–Kier alpha value is -1.06. The molecule has 0 aromatic carbocycles. The van der Waals surface area contributed by atoms with Crippen LogP contribution >= 0.6 is 0 Å². The van der Waals surface area contributed by atoms with Crippen molar-refractivity contribution in [1.29, 1.82) is 0 Å². The van der Waals surface area contributed by atoms with Crippen LogP contribution in [0.1, 0.15) is 39.5 Å². The van der Waals surface area contributed by atoms with Gasteiger partial charge >= 0.3 is 6.03 Å². The molecule has 0 aliphatic carbocycles. The van der Waals surface area contributed by atoms with E-state index in [1.165, 1.54) is 0 Å². The number of carbonyl (C=O) groups is 2. The third kappa shape index (κ3) is 5.22. The van der Waals surface area contributed by atoms with Crippen molar-refractivity contribution in [2.24, 2.45) is 11.7 Å². The SMILES string of the molecule is CCCC[C@H](CC)C(=O)NC(N)=O. The lowest BCUT2D eigenvalue weighted by atomic mass is 9.99. The van der Waals surface area contributed by atoms with E-state index in [2.05, 4.69) is 12.2 Å². The van der Waals surface area contributed by atoms with Crippen molar-refractivity contribution in [3.05, 3.63) is 0 Å². The molecule has 4 nitrogen and oxygen atoms in total. The summed E-state index contributed by atoms with van der Waals surface area (Å²) >= 11 is 0. The number of nitrogens with two attached hydrogens (primary N) is 1. The van der Waals surface area contributed by atoms with E-state index in [0.717, 1.165) is 25.7 Å². The predicted octanol–water partition coefficient (Wildman–Crippen LogP) is 1.40. The molecular formula is C9H18N2O2. The number of carbonyl (C=O) groups excluding carboxylic acids is 2. The summed E-state index contributed by atoms with van der Waals surface area (Å²) in [4.78, 5) is 21.7. The molecule has 0 bridgehead atoms. The highest BCUT2D eigenvalue weighted by Crippen LogP contribution is 2.12. The number of hydrogen-bond donors (Lipinski definition) is 2. The Morgan fingerprint density at radius 3 is 2.38 bits per heavy atom. The third-order valence-corrected chi connectivity index (χ3v) is 2.02. The van der Waals surface area contributed by atoms with Crippen LogP contribution in [0.3, 0.4) is 0 Å². The van der Waals surface area contributed by atoms with E-state index in [4.69, 9.17) is 5.73 Å². The Labute approximate surface area is 78.9 Å². The van der Waals surface area contributed by atoms with Crippen molar-refractivity contribution < 1.29 is 9.59 Å². The standard InChI is InChI=1S/C9H18N2O2/c1-3-5-6-7(4-2)8(12)11-9(10)13/h7H,3-6H2,1-2H3,(H3,10,11,12,13)/t7-/m0/s1. The lowest BCUT2D eigenvalue weighted by molar-refractivity contribution is -0.124. The Morgan fingerprint density at radius 1 is 1.38 bits per heavy atom. The molecule has 0 aromatic heterocycles. The molecule has 13 heavy (non-hydrogen) atoms. The monoisotopic (exact) mass is 186 g/mol. The average molecular weight is 186 g/mol. The fourth-order valence-corrected chi connectivity index (χ4v) is 1.19. The van der Waals surface area contributed by atoms with E-state index in [9.17, 15) is 9.59 Å². The molecule has 0 spiro atoms. The molecule has 76 valence electrons. The summed E-state index contributed by atoms with van der Waals surface area (Å²) in [6, 6.07) is -0.764. The van der Waals surface area contributed by atoms with Crippen LogP contribution in [0.15, 0.2) is 0 Å². The molecule has 3 N–H and O–H groups in total. The van der Waals surface area contributed by atoms with Gasteiger partial charge in [0.05, 0.1) is 0 Å². The third-order valence-electron chi connectivity index (χ3n) is 2.02. The fraction of sp³-hybridized carbons (Fsp3) is 0.778. The highest BCUT2D eigenvalue weighted by Gasteiger charge is 2.16. The van der Waals surface area contributed by atoms with E-state index >= 15 is 0 Å². The van der Waals surface area contributed by atoms with Crippen LogP contribution in [-0.2, 0) is 4.79 Å². The zero-order chi connectivity index (χ0) is 10.3. The lowest BCUT2D eigenvalue weighted by Gasteiger charge is -2.12. The first-order valence-corrected chi connectivity index (χ1v) is 4.72. The molecule has 3 amide bonds. The van der Waals surface area contributed by atoms with Crippen LogP contribution in [0.2, 0.25) is 0 Å². The quantitative estimate of drug-likeness (QED) is 0.681. The molecule has 0 saturated heterocycles. The highest BCUT2D eigenvalue weighted by atomic mass is 16.2. The van der Waals surface area contributed by atoms with Crippen molar-refractivity contribution >= 4 is 11.9 Å². The van der Waals surface area contributed by atoms with Crippen LogP contribution in [-0.4, -0.2) is 11.9 Å². The number of hydrogen-bond acceptors (Lipinski definition) is 2. The Morgan fingerprint density at radius 2 is 2.00 bits per heavy atom. The Balaban J connectivity index is 3.91. The molecule has 1 atom stereocenters. The van der Waals surface area contributed by atoms with Crippen LogP contribution in [0, 0.1) is 5.92 Å². The minimum atomic E-state index is -0.764. The van der Waals surface area contributed by atoms with E-state index in [1.807, 2.05) is 6.92 Å². The van der Waals surface area contributed by atoms with Gasteiger partial charge in [-0.1, -0.05) is 26.7 Å². The second kappa shape index (κ2) is 6.46. The molecule has 0 saturated carbocycles. The largest absolute Gasteiger partial charge is 0.351 e. The summed E-state index contributed by atoms with van der Waals surface area (Å²) in [5.41, 5.74) is 4.84. The van der Waals surface area contributed by atoms with E-state index in [-0.39, 0.29) is 11.8 Å². The second-order valence-electron chi connectivity index (χ2n) is 3.10. The number of rotatable bonds is 5. The molecule has 0 aliphatic rings. The zero-order valence-electron chi connectivity index (χ0n) is 8.30. The maximum atomic E-state index is 11.3. The summed E-state index contributed by atoms with van der Waals surface area (Å²) in [5.74, 6) is -0.323. The van der Waals surface area contributed by atoms with Gasteiger partial charge in [-0.25, -0.2) is 4.79 Å². The first kappa shape index (κ1) is 11.9. The van der Waals surface area contributed by atoms with Crippen LogP contribution in [0.4, 0.5) is 4.79 Å². The summed E-state index contributed by atoms with van der Waals surface area (Å²) in [7, 11) is 0. The predicted molar refractivity (Wildman–Crippen MR) is 51.0 cm³/mol. The van der Waals surface area contributed by atoms with Crippen LogP contribution in [0.25, 0.3) is 0 Å². The molecule has 0 aliphatic heterocycles. The van der Waals surface area contributed by atoms with Crippen molar-refractivity contribution in [1.82, 2.24) is 5.32 Å². The number of primary amides is 1. The first-order chi connectivity index (χ1) is 6.11. The minimum absolute atomic E-state index is 0.0764. The molecule has 0 unspecified atom stereocenters. The van der Waals surface area contributed by atoms with Gasteiger partial charge in [-0.2, -0.15) is 0 Å². The first-order valence-electron chi connectivity index (χ1n) is 4.72. The molecule has 0 heterocycles. The molecule has 0 radical (unpaired) electrons. The zero-order valence-corrected chi connectivity index (χ0v) is 8.30. The Kier molecular flexibility index (Phi) is 5.93. The van der Waals surface area contributed by atoms with Crippen molar-refractivity contribution in [3.8, 4) is 0 Å². The summed E-state index contributed by atoms with van der Waals surface area (Å²) in [5, 5.41) is 2.10. The van der Waals surface area contributed by atoms with E-state index in [1.54, 1.807) is 0 Å². The number of unbranched alkanes of at least 4 members (excludes halogenated alkanes) is 1. The number of imide groups is 1. The topological polar surface area (TPSA) is 72.2 Å². The molecule has 4 heteroatoms. The molecule has 0 aromatic rings. The van der Waals surface area contributed by atoms with E-state index in [0.29, 0.717) is 0 Å². The van der Waals surface area contributed by atoms with Crippen LogP contribution in [0.5, 0.6) is 0 Å². The Bertz CT molecular complexity index is 180. The van der Waals surface area contributed by atoms with Crippen molar-refractivity contribution in [3.63, 3.8) is 0 Å². The normalized spacial score (nSPS) is 12.2. The molecule has 0 fully saturated rings. The van der Waals surface area contributed by atoms with Gasteiger partial charge in [0.2, 0.25) is 5.91 Å². The van der Waals surface area contributed by atoms with Crippen molar-refractivity contribution in [2.75, 3.05) is 0 Å². The van der Waals surface area contributed by atoms with Gasteiger partial charge in [0, 0.05) is 5.92 Å². The maximum absolute atomic E-state index is 11.3. The molecular weight excluding hydrogens is 168 g/mol. The summed E-state index contributed by atoms with van der Waals surface area (Å²) in [6.45, 7) is 4.00. The number of nitrogens with one attached hydrogen (secondary N) is 1.